The number of aromatic nitrogens is 2. The molecule has 2 aromatic carbocycles. The summed E-state index contributed by atoms with van der Waals surface area (Å²) in [5.41, 5.74) is 3.26. The second kappa shape index (κ2) is 8.39. The molecule has 0 bridgehead atoms. The summed E-state index contributed by atoms with van der Waals surface area (Å²) in [4.78, 5) is 35.6. The van der Waals surface area contributed by atoms with Crippen LogP contribution in [0.5, 0.6) is 0 Å². The summed E-state index contributed by atoms with van der Waals surface area (Å²) in [5.74, 6) is -1.35. The molecule has 0 aliphatic heterocycles. The van der Waals surface area contributed by atoms with Crippen LogP contribution in [0.15, 0.2) is 48.5 Å². The predicted molar refractivity (Wildman–Crippen MR) is 112 cm³/mol. The fraction of sp³-hybridized carbons (Fsp3) is 0.227. The van der Waals surface area contributed by atoms with Crippen LogP contribution in [0.25, 0.3) is 5.69 Å². The number of hydrogen-bond donors (Lipinski definition) is 1. The number of carbonyl (C=O) groups excluding carboxylic acids is 2. The van der Waals surface area contributed by atoms with Gasteiger partial charge in [0.1, 0.15) is 5.69 Å². The summed E-state index contributed by atoms with van der Waals surface area (Å²) in [6.07, 6.45) is 2.44. The van der Waals surface area contributed by atoms with E-state index in [1.165, 1.54) is 12.1 Å². The first-order valence-electron chi connectivity index (χ1n) is 9.83. The summed E-state index contributed by atoms with van der Waals surface area (Å²) in [5, 5.41) is 18.1. The Morgan fingerprint density at radius 2 is 1.94 bits per heavy atom. The van der Waals surface area contributed by atoms with Gasteiger partial charge in [0.15, 0.2) is 12.3 Å². The number of rotatable bonds is 6. The maximum absolute atomic E-state index is 12.7. The van der Waals surface area contributed by atoms with Crippen molar-refractivity contribution in [2.45, 2.75) is 26.2 Å². The van der Waals surface area contributed by atoms with Crippen LogP contribution in [0.1, 0.15) is 33.7 Å². The van der Waals surface area contributed by atoms with Gasteiger partial charge in [-0.1, -0.05) is 30.3 Å². The summed E-state index contributed by atoms with van der Waals surface area (Å²) in [7, 11) is 0. The molecule has 1 aromatic heterocycles. The third-order valence-electron chi connectivity index (χ3n) is 5.17. The molecule has 0 spiro atoms. The van der Waals surface area contributed by atoms with Crippen molar-refractivity contribution < 1.29 is 19.2 Å². The third kappa shape index (κ3) is 4.02. The molecule has 9 nitrogen and oxygen atoms in total. The lowest BCUT2D eigenvalue weighted by Gasteiger charge is -2.09. The topological polar surface area (TPSA) is 116 Å². The Labute approximate surface area is 177 Å². The monoisotopic (exact) mass is 420 g/mol. The lowest BCUT2D eigenvalue weighted by Crippen LogP contribution is -2.22. The number of ether oxygens (including phenoxy) is 1. The fourth-order valence-corrected chi connectivity index (χ4v) is 3.73. The van der Waals surface area contributed by atoms with E-state index in [0.29, 0.717) is 12.0 Å². The van der Waals surface area contributed by atoms with E-state index in [9.17, 15) is 19.7 Å². The van der Waals surface area contributed by atoms with Crippen LogP contribution in [-0.4, -0.2) is 33.2 Å². The Morgan fingerprint density at radius 1 is 1.16 bits per heavy atom. The molecule has 0 saturated carbocycles. The van der Waals surface area contributed by atoms with E-state index in [4.69, 9.17) is 4.74 Å². The summed E-state index contributed by atoms with van der Waals surface area (Å²) in [6.45, 7) is 1.07. The number of fused-ring (bicyclic) bond motifs is 1. The van der Waals surface area contributed by atoms with Gasteiger partial charge in [0.05, 0.1) is 10.6 Å². The van der Waals surface area contributed by atoms with Crippen LogP contribution in [0, 0.1) is 17.0 Å². The van der Waals surface area contributed by atoms with Crippen molar-refractivity contribution in [1.29, 1.82) is 0 Å². The predicted octanol–water partition coefficient (Wildman–Crippen LogP) is 3.37. The molecule has 1 amide bonds. The average Bonchev–Trinajstić information content (AvgIpc) is 3.37. The number of carbonyl (C=O) groups is 2. The zero-order chi connectivity index (χ0) is 22.0. The Bertz CT molecular complexity index is 1170. The van der Waals surface area contributed by atoms with Crippen molar-refractivity contribution >= 4 is 23.3 Å². The molecule has 1 aliphatic rings. The van der Waals surface area contributed by atoms with Gasteiger partial charge in [-0.25, -0.2) is 9.48 Å². The van der Waals surface area contributed by atoms with Crippen LogP contribution < -0.4 is 5.32 Å². The Morgan fingerprint density at radius 3 is 2.68 bits per heavy atom. The Hall–Kier alpha value is -4.01. The molecule has 0 saturated heterocycles. The number of para-hydroxylation sites is 2. The standard InChI is InChI=1S/C22H20N4O5/c1-14-7-5-12-18(26(29)30)20(14)23-19(27)13-31-22(28)21-16-10-6-11-17(16)25(24-21)15-8-3-2-4-9-15/h2-5,7-9,12H,6,10-11,13H2,1H3,(H,23,27). The van der Waals surface area contributed by atoms with E-state index in [1.54, 1.807) is 17.7 Å². The van der Waals surface area contributed by atoms with Gasteiger partial charge in [-0.05, 0) is 43.9 Å². The zero-order valence-corrected chi connectivity index (χ0v) is 16.8. The van der Waals surface area contributed by atoms with Gasteiger partial charge in [0.2, 0.25) is 0 Å². The summed E-state index contributed by atoms with van der Waals surface area (Å²) >= 11 is 0. The summed E-state index contributed by atoms with van der Waals surface area (Å²) < 4.78 is 6.93. The van der Waals surface area contributed by atoms with Crippen molar-refractivity contribution in [3.8, 4) is 5.69 Å². The first-order chi connectivity index (χ1) is 15.0. The molecule has 0 unspecified atom stereocenters. The number of esters is 1. The molecule has 1 N–H and O–H groups in total. The average molecular weight is 420 g/mol. The van der Waals surface area contributed by atoms with Crippen molar-refractivity contribution in [3.05, 3.63) is 81.2 Å². The smallest absolute Gasteiger partial charge is 0.359 e. The second-order valence-electron chi connectivity index (χ2n) is 7.23. The largest absolute Gasteiger partial charge is 0.451 e. The molecule has 158 valence electrons. The van der Waals surface area contributed by atoms with Crippen LogP contribution in [0.3, 0.4) is 0 Å². The minimum absolute atomic E-state index is 0.0859. The zero-order valence-electron chi connectivity index (χ0n) is 16.8. The van der Waals surface area contributed by atoms with Gasteiger partial charge in [0.25, 0.3) is 11.6 Å². The minimum atomic E-state index is -0.692. The van der Waals surface area contributed by atoms with Crippen LogP contribution in [0.2, 0.25) is 0 Å². The third-order valence-corrected chi connectivity index (χ3v) is 5.17. The van der Waals surface area contributed by atoms with Gasteiger partial charge < -0.3 is 10.1 Å². The maximum atomic E-state index is 12.7. The first-order valence-corrected chi connectivity index (χ1v) is 9.83. The van der Waals surface area contributed by atoms with Crippen LogP contribution in [0.4, 0.5) is 11.4 Å². The van der Waals surface area contributed by atoms with E-state index in [2.05, 4.69) is 10.4 Å². The van der Waals surface area contributed by atoms with E-state index in [0.717, 1.165) is 29.8 Å². The number of anilines is 1. The van der Waals surface area contributed by atoms with Gasteiger partial charge in [-0.3, -0.25) is 14.9 Å². The highest BCUT2D eigenvalue weighted by molar-refractivity contribution is 5.97. The number of nitro benzene ring substituents is 1. The second-order valence-corrected chi connectivity index (χ2v) is 7.23. The van der Waals surface area contributed by atoms with Gasteiger partial charge >= 0.3 is 5.97 Å². The molecule has 4 rings (SSSR count). The van der Waals surface area contributed by atoms with E-state index in [1.807, 2.05) is 30.3 Å². The molecule has 3 aromatic rings. The SMILES string of the molecule is Cc1cccc([N+](=O)[O-])c1NC(=O)COC(=O)c1nn(-c2ccccc2)c2c1CCC2. The number of amides is 1. The van der Waals surface area contributed by atoms with E-state index < -0.39 is 23.4 Å². The number of nitro groups is 1. The molecule has 31 heavy (non-hydrogen) atoms. The molecule has 0 fully saturated rings. The highest BCUT2D eigenvalue weighted by Gasteiger charge is 2.28. The highest BCUT2D eigenvalue weighted by Crippen LogP contribution is 2.29. The molecule has 9 heteroatoms. The first kappa shape index (κ1) is 20.3. The van der Waals surface area contributed by atoms with E-state index >= 15 is 0 Å². The van der Waals surface area contributed by atoms with Crippen LogP contribution in [-0.2, 0) is 22.4 Å². The molecule has 0 atom stereocenters. The lowest BCUT2D eigenvalue weighted by molar-refractivity contribution is -0.384. The highest BCUT2D eigenvalue weighted by atomic mass is 16.6. The molecule has 1 heterocycles. The Balaban J connectivity index is 1.48. The van der Waals surface area contributed by atoms with Crippen molar-refractivity contribution in [2.24, 2.45) is 0 Å². The van der Waals surface area contributed by atoms with E-state index in [-0.39, 0.29) is 17.1 Å². The van der Waals surface area contributed by atoms with Gasteiger partial charge in [-0.15, -0.1) is 0 Å². The van der Waals surface area contributed by atoms with Crippen molar-refractivity contribution in [3.63, 3.8) is 0 Å². The Kier molecular flexibility index (Phi) is 5.48. The number of nitrogens with one attached hydrogen (secondary N) is 1. The van der Waals surface area contributed by atoms with Gasteiger partial charge in [0, 0.05) is 17.3 Å². The fourth-order valence-electron chi connectivity index (χ4n) is 3.73. The molecular formula is C22H20N4O5. The molecular weight excluding hydrogens is 400 g/mol. The number of hydrogen-bond acceptors (Lipinski definition) is 6. The lowest BCUT2D eigenvalue weighted by atomic mass is 10.1. The number of nitrogens with zero attached hydrogens (tertiary/aromatic N) is 3. The minimum Gasteiger partial charge on any atom is -0.451 e. The molecule has 0 radical (unpaired) electrons. The van der Waals surface area contributed by atoms with Gasteiger partial charge in [-0.2, -0.15) is 5.10 Å². The maximum Gasteiger partial charge on any atom is 0.359 e. The van der Waals surface area contributed by atoms with Crippen LogP contribution >= 0.6 is 0 Å². The number of benzene rings is 2. The normalized spacial score (nSPS) is 12.3. The number of aryl methyl sites for hydroxylation is 1. The summed E-state index contributed by atoms with van der Waals surface area (Å²) in [6, 6.07) is 14.0. The molecule has 1 aliphatic carbocycles. The van der Waals surface area contributed by atoms with Crippen molar-refractivity contribution in [1.82, 2.24) is 9.78 Å². The quantitative estimate of drug-likeness (QED) is 0.371. The van der Waals surface area contributed by atoms with Crippen molar-refractivity contribution in [2.75, 3.05) is 11.9 Å².